The molecule has 0 aliphatic heterocycles. The third-order valence-electron chi connectivity index (χ3n) is 1.52. The van der Waals surface area contributed by atoms with Gasteiger partial charge in [-0.1, -0.05) is 6.07 Å². The zero-order chi connectivity index (χ0) is 10.4. The fourth-order valence-corrected chi connectivity index (χ4v) is 1.22. The minimum Gasteiger partial charge on any atom is -0.384 e. The van der Waals surface area contributed by atoms with Gasteiger partial charge in [-0.2, -0.15) is 0 Å². The third-order valence-corrected chi connectivity index (χ3v) is 1.96. The summed E-state index contributed by atoms with van der Waals surface area (Å²) in [5.74, 6) is 0.443. The summed E-state index contributed by atoms with van der Waals surface area (Å²) in [6.07, 6.45) is 0.338. The molecule has 0 atom stereocenters. The van der Waals surface area contributed by atoms with Gasteiger partial charge in [0, 0.05) is 7.11 Å². The van der Waals surface area contributed by atoms with Gasteiger partial charge in [0.25, 0.3) is 0 Å². The predicted molar refractivity (Wildman–Crippen MR) is 57.1 cm³/mol. The highest BCUT2D eigenvalue weighted by Crippen LogP contribution is 2.09. The monoisotopic (exact) mass is 258 g/mol. The van der Waals surface area contributed by atoms with Gasteiger partial charge in [-0.15, -0.1) is 0 Å². The summed E-state index contributed by atoms with van der Waals surface area (Å²) < 4.78 is 5.48. The second kappa shape index (κ2) is 5.72. The number of hydrogen-bond donors (Lipinski definition) is 1. The Hall–Kier alpha value is -0.940. The number of anilines is 1. The third kappa shape index (κ3) is 3.85. The van der Waals surface area contributed by atoms with Crippen LogP contribution in [0.1, 0.15) is 6.42 Å². The number of methoxy groups -OCH3 is 1. The molecular formula is C9H11BrN2O2. The number of carbonyl (C=O) groups excluding carboxylic acids is 1. The van der Waals surface area contributed by atoms with Crippen molar-refractivity contribution in [2.75, 3.05) is 19.0 Å². The molecule has 0 fully saturated rings. The van der Waals surface area contributed by atoms with Crippen LogP contribution in [0, 0.1) is 0 Å². The SMILES string of the molecule is COCCC(=O)Nc1cccc(Br)n1. The average molecular weight is 259 g/mol. The van der Waals surface area contributed by atoms with Crippen molar-refractivity contribution in [3.05, 3.63) is 22.8 Å². The van der Waals surface area contributed by atoms with Crippen LogP contribution in [0.15, 0.2) is 22.8 Å². The molecular weight excluding hydrogens is 248 g/mol. The highest BCUT2D eigenvalue weighted by Gasteiger charge is 2.02. The summed E-state index contributed by atoms with van der Waals surface area (Å²) in [6.45, 7) is 0.417. The van der Waals surface area contributed by atoms with Gasteiger partial charge in [0.1, 0.15) is 10.4 Å². The predicted octanol–water partition coefficient (Wildman–Crippen LogP) is 1.82. The Morgan fingerprint density at radius 3 is 3.07 bits per heavy atom. The van der Waals surface area contributed by atoms with Crippen LogP contribution in [-0.4, -0.2) is 24.6 Å². The minimum atomic E-state index is -0.0996. The fourth-order valence-electron chi connectivity index (χ4n) is 0.878. The molecule has 1 aromatic heterocycles. The molecule has 76 valence electrons. The lowest BCUT2D eigenvalue weighted by atomic mass is 10.4. The maximum absolute atomic E-state index is 11.2. The number of ether oxygens (including phenoxy) is 1. The molecule has 5 heteroatoms. The normalized spacial score (nSPS) is 9.86. The molecule has 0 unspecified atom stereocenters. The topological polar surface area (TPSA) is 51.2 Å². The van der Waals surface area contributed by atoms with E-state index in [0.29, 0.717) is 23.4 Å². The number of aromatic nitrogens is 1. The zero-order valence-corrected chi connectivity index (χ0v) is 9.37. The van der Waals surface area contributed by atoms with Crippen molar-refractivity contribution in [2.24, 2.45) is 0 Å². The average Bonchev–Trinajstić information content (AvgIpc) is 2.15. The zero-order valence-electron chi connectivity index (χ0n) is 7.79. The summed E-state index contributed by atoms with van der Waals surface area (Å²) in [5, 5.41) is 2.66. The van der Waals surface area contributed by atoms with Crippen molar-refractivity contribution in [2.45, 2.75) is 6.42 Å². The van der Waals surface area contributed by atoms with Gasteiger partial charge in [0.2, 0.25) is 5.91 Å². The Labute approximate surface area is 90.8 Å². The smallest absolute Gasteiger partial charge is 0.227 e. The molecule has 1 N–H and O–H groups in total. The van der Waals surface area contributed by atoms with E-state index in [2.05, 4.69) is 26.2 Å². The van der Waals surface area contributed by atoms with E-state index in [9.17, 15) is 4.79 Å². The van der Waals surface area contributed by atoms with Gasteiger partial charge in [0.15, 0.2) is 0 Å². The molecule has 0 radical (unpaired) electrons. The largest absolute Gasteiger partial charge is 0.384 e. The van der Waals surface area contributed by atoms with Crippen LogP contribution < -0.4 is 5.32 Å². The Bertz CT molecular complexity index is 317. The van der Waals surface area contributed by atoms with E-state index >= 15 is 0 Å². The molecule has 14 heavy (non-hydrogen) atoms. The molecule has 0 spiro atoms. The molecule has 1 rings (SSSR count). The summed E-state index contributed by atoms with van der Waals surface area (Å²) >= 11 is 3.22. The van der Waals surface area contributed by atoms with Crippen molar-refractivity contribution in [1.29, 1.82) is 0 Å². The number of nitrogens with one attached hydrogen (secondary N) is 1. The van der Waals surface area contributed by atoms with E-state index in [-0.39, 0.29) is 5.91 Å². The van der Waals surface area contributed by atoms with Gasteiger partial charge in [0.05, 0.1) is 13.0 Å². The van der Waals surface area contributed by atoms with Gasteiger partial charge < -0.3 is 10.1 Å². The highest BCUT2D eigenvalue weighted by atomic mass is 79.9. The van der Waals surface area contributed by atoms with E-state index in [0.717, 1.165) is 0 Å². The minimum absolute atomic E-state index is 0.0996. The molecule has 4 nitrogen and oxygen atoms in total. The van der Waals surface area contributed by atoms with Crippen molar-refractivity contribution in [3.8, 4) is 0 Å². The molecule has 1 amide bonds. The van der Waals surface area contributed by atoms with Gasteiger partial charge in [-0.3, -0.25) is 4.79 Å². The van der Waals surface area contributed by atoms with Crippen molar-refractivity contribution >= 4 is 27.7 Å². The Balaban J connectivity index is 2.47. The first-order valence-corrected chi connectivity index (χ1v) is 4.93. The maximum atomic E-state index is 11.2. The number of hydrogen-bond acceptors (Lipinski definition) is 3. The number of nitrogens with zero attached hydrogens (tertiary/aromatic N) is 1. The van der Waals surface area contributed by atoms with Crippen LogP contribution >= 0.6 is 15.9 Å². The Morgan fingerprint density at radius 1 is 1.64 bits per heavy atom. The second-order valence-electron chi connectivity index (χ2n) is 2.64. The lowest BCUT2D eigenvalue weighted by Crippen LogP contribution is -2.14. The number of rotatable bonds is 4. The van der Waals surface area contributed by atoms with Crippen LogP contribution in [-0.2, 0) is 9.53 Å². The first kappa shape index (κ1) is 11.1. The van der Waals surface area contributed by atoms with Crippen LogP contribution in [0.25, 0.3) is 0 Å². The van der Waals surface area contributed by atoms with Crippen molar-refractivity contribution in [1.82, 2.24) is 4.98 Å². The quantitative estimate of drug-likeness (QED) is 0.839. The van der Waals surface area contributed by atoms with E-state index in [1.807, 2.05) is 6.07 Å². The first-order valence-electron chi connectivity index (χ1n) is 4.13. The van der Waals surface area contributed by atoms with E-state index in [1.54, 1.807) is 19.2 Å². The highest BCUT2D eigenvalue weighted by molar-refractivity contribution is 9.10. The number of pyridine rings is 1. The summed E-state index contributed by atoms with van der Waals surface area (Å²) in [4.78, 5) is 15.3. The summed E-state index contributed by atoms with van der Waals surface area (Å²) in [7, 11) is 1.56. The van der Waals surface area contributed by atoms with Crippen LogP contribution in [0.5, 0.6) is 0 Å². The number of carbonyl (C=O) groups is 1. The second-order valence-corrected chi connectivity index (χ2v) is 3.45. The maximum Gasteiger partial charge on any atom is 0.227 e. The van der Waals surface area contributed by atoms with Gasteiger partial charge in [-0.25, -0.2) is 4.98 Å². The summed E-state index contributed by atoms with van der Waals surface area (Å²) in [5.41, 5.74) is 0. The molecule has 0 aromatic carbocycles. The Kier molecular flexibility index (Phi) is 4.55. The fraction of sp³-hybridized carbons (Fsp3) is 0.333. The van der Waals surface area contributed by atoms with Crippen LogP contribution in [0.4, 0.5) is 5.82 Å². The molecule has 0 aliphatic carbocycles. The molecule has 0 aliphatic rings. The first-order chi connectivity index (χ1) is 6.72. The van der Waals surface area contributed by atoms with Gasteiger partial charge in [-0.05, 0) is 28.1 Å². The standard InChI is InChI=1S/C9H11BrN2O2/c1-14-6-5-9(13)12-8-4-2-3-7(10)11-8/h2-4H,5-6H2,1H3,(H,11,12,13). The van der Waals surface area contributed by atoms with Crippen molar-refractivity contribution < 1.29 is 9.53 Å². The van der Waals surface area contributed by atoms with Gasteiger partial charge >= 0.3 is 0 Å². The van der Waals surface area contributed by atoms with Crippen LogP contribution in [0.3, 0.4) is 0 Å². The van der Waals surface area contributed by atoms with E-state index < -0.39 is 0 Å². The van der Waals surface area contributed by atoms with E-state index in [4.69, 9.17) is 4.74 Å². The molecule has 0 bridgehead atoms. The molecule has 0 saturated carbocycles. The number of halogens is 1. The molecule has 1 heterocycles. The lowest BCUT2D eigenvalue weighted by molar-refractivity contribution is -0.117. The molecule has 1 aromatic rings. The summed E-state index contributed by atoms with van der Waals surface area (Å²) in [6, 6.07) is 5.34. The van der Waals surface area contributed by atoms with E-state index in [1.165, 1.54) is 0 Å². The Morgan fingerprint density at radius 2 is 2.43 bits per heavy atom. The number of amides is 1. The molecule has 0 saturated heterocycles. The lowest BCUT2D eigenvalue weighted by Gasteiger charge is -2.03. The van der Waals surface area contributed by atoms with Crippen molar-refractivity contribution in [3.63, 3.8) is 0 Å². The van der Waals surface area contributed by atoms with Crippen LogP contribution in [0.2, 0.25) is 0 Å².